The number of rotatable bonds is 5. The van der Waals surface area contributed by atoms with Crippen LogP contribution in [0.3, 0.4) is 0 Å². The lowest BCUT2D eigenvalue weighted by Crippen LogP contribution is -2.50. The summed E-state index contributed by atoms with van der Waals surface area (Å²) < 4.78 is 32.0. The second kappa shape index (κ2) is 9.95. The van der Waals surface area contributed by atoms with Crippen LogP contribution in [0.1, 0.15) is 15.2 Å². The molecular weight excluding hydrogens is 450 g/mol. The average Bonchev–Trinajstić information content (AvgIpc) is 3.38. The van der Waals surface area contributed by atoms with Crippen molar-refractivity contribution in [3.05, 3.63) is 58.3 Å². The lowest BCUT2D eigenvalue weighted by molar-refractivity contribution is -0.127. The zero-order chi connectivity index (χ0) is 22.6. The maximum atomic E-state index is 12.7. The Hall–Kier alpha value is -2.53. The highest BCUT2D eigenvalue weighted by molar-refractivity contribution is 7.89. The Morgan fingerprint density at radius 3 is 2.19 bits per heavy atom. The van der Waals surface area contributed by atoms with Gasteiger partial charge in [-0.15, -0.1) is 11.3 Å². The number of sulfonamides is 1. The molecule has 1 aromatic carbocycles. The second-order valence-electron chi connectivity index (χ2n) is 7.51. The zero-order valence-corrected chi connectivity index (χ0v) is 19.2. The van der Waals surface area contributed by atoms with Gasteiger partial charge in [0.2, 0.25) is 15.9 Å². The van der Waals surface area contributed by atoms with Gasteiger partial charge in [0.1, 0.15) is 0 Å². The van der Waals surface area contributed by atoms with Crippen molar-refractivity contribution in [1.29, 1.82) is 0 Å². The van der Waals surface area contributed by atoms with E-state index in [0.717, 1.165) is 5.56 Å². The molecule has 0 bridgehead atoms. The van der Waals surface area contributed by atoms with E-state index in [0.29, 0.717) is 57.4 Å². The first-order chi connectivity index (χ1) is 15.4. The van der Waals surface area contributed by atoms with Crippen molar-refractivity contribution in [3.8, 4) is 0 Å². The molecule has 2 aliphatic heterocycles. The van der Waals surface area contributed by atoms with Gasteiger partial charge >= 0.3 is 0 Å². The average molecular weight is 476 g/mol. The summed E-state index contributed by atoms with van der Waals surface area (Å²) >= 11 is 1.42. The van der Waals surface area contributed by atoms with Gasteiger partial charge in [-0.2, -0.15) is 4.31 Å². The summed E-state index contributed by atoms with van der Waals surface area (Å²) in [5.41, 5.74) is 0.741. The minimum Gasteiger partial charge on any atom is -0.379 e. The van der Waals surface area contributed by atoms with Crippen molar-refractivity contribution < 1.29 is 22.7 Å². The van der Waals surface area contributed by atoms with Crippen LogP contribution in [0.15, 0.2) is 52.7 Å². The fraction of sp³-hybridized carbons (Fsp3) is 0.364. The highest BCUT2D eigenvalue weighted by Crippen LogP contribution is 2.18. The van der Waals surface area contributed by atoms with E-state index in [1.54, 1.807) is 40.1 Å². The Morgan fingerprint density at radius 2 is 1.56 bits per heavy atom. The Balaban J connectivity index is 1.31. The monoisotopic (exact) mass is 475 g/mol. The minimum absolute atomic E-state index is 0.00904. The van der Waals surface area contributed by atoms with Crippen LogP contribution >= 0.6 is 11.3 Å². The quantitative estimate of drug-likeness (QED) is 0.615. The van der Waals surface area contributed by atoms with E-state index in [1.807, 2.05) is 17.5 Å². The predicted octanol–water partition coefficient (Wildman–Crippen LogP) is 1.77. The van der Waals surface area contributed by atoms with Gasteiger partial charge in [0.05, 0.1) is 23.0 Å². The van der Waals surface area contributed by atoms with Crippen LogP contribution in [0.2, 0.25) is 0 Å². The Bertz CT molecular complexity index is 1070. The fourth-order valence-electron chi connectivity index (χ4n) is 3.65. The first-order valence-electron chi connectivity index (χ1n) is 10.4. The normalized spacial score (nSPS) is 18.2. The van der Waals surface area contributed by atoms with Gasteiger partial charge in [0.15, 0.2) is 0 Å². The predicted molar refractivity (Wildman–Crippen MR) is 122 cm³/mol. The number of morpholine rings is 1. The number of amides is 2. The van der Waals surface area contributed by atoms with Crippen LogP contribution in [-0.2, 0) is 19.6 Å². The number of piperazine rings is 1. The molecule has 0 aliphatic carbocycles. The number of ether oxygens (including phenoxy) is 1. The summed E-state index contributed by atoms with van der Waals surface area (Å²) in [6.07, 6.45) is 3.17. The molecule has 2 aliphatic rings. The number of nitrogens with zero attached hydrogens (tertiary/aromatic N) is 3. The van der Waals surface area contributed by atoms with Crippen molar-refractivity contribution >= 4 is 39.3 Å². The lowest BCUT2D eigenvalue weighted by Gasteiger charge is -2.34. The topological polar surface area (TPSA) is 87.2 Å². The third-order valence-electron chi connectivity index (χ3n) is 5.52. The molecule has 8 nitrogen and oxygen atoms in total. The number of hydrogen-bond acceptors (Lipinski definition) is 6. The molecule has 32 heavy (non-hydrogen) atoms. The SMILES string of the molecule is O=C(C=Cc1ccc(S(=O)(=O)N2CCOCC2)cc1)N1CCN(C(=O)c2cccs2)CC1. The molecule has 2 amide bonds. The number of benzene rings is 1. The van der Waals surface area contributed by atoms with Crippen LogP contribution in [0.25, 0.3) is 6.08 Å². The van der Waals surface area contributed by atoms with E-state index < -0.39 is 10.0 Å². The third-order valence-corrected chi connectivity index (χ3v) is 8.29. The molecule has 2 aromatic rings. The molecule has 0 atom stereocenters. The summed E-state index contributed by atoms with van der Waals surface area (Å²) in [7, 11) is -3.53. The van der Waals surface area contributed by atoms with Gasteiger partial charge in [-0.3, -0.25) is 9.59 Å². The molecule has 0 N–H and O–H groups in total. The summed E-state index contributed by atoms with van der Waals surface area (Å²) in [6.45, 7) is 3.48. The van der Waals surface area contributed by atoms with E-state index in [1.165, 1.54) is 21.7 Å². The Kier molecular flexibility index (Phi) is 7.04. The lowest BCUT2D eigenvalue weighted by atomic mass is 10.2. The Labute approximate surface area is 191 Å². The van der Waals surface area contributed by atoms with Crippen LogP contribution in [0.4, 0.5) is 0 Å². The smallest absolute Gasteiger partial charge is 0.264 e. The third kappa shape index (κ3) is 5.09. The summed E-state index contributed by atoms with van der Waals surface area (Å²) in [6, 6.07) is 10.2. The van der Waals surface area contributed by atoms with E-state index in [9.17, 15) is 18.0 Å². The van der Waals surface area contributed by atoms with Gasteiger partial charge in [-0.25, -0.2) is 8.42 Å². The number of carbonyl (C=O) groups excluding carboxylic acids is 2. The molecule has 0 saturated carbocycles. The van der Waals surface area contributed by atoms with Gasteiger partial charge < -0.3 is 14.5 Å². The molecule has 2 saturated heterocycles. The van der Waals surface area contributed by atoms with Gasteiger partial charge in [-0.05, 0) is 35.2 Å². The highest BCUT2D eigenvalue weighted by atomic mass is 32.2. The summed E-state index contributed by atoms with van der Waals surface area (Å²) in [5.74, 6) is -0.118. The standard InChI is InChI=1S/C22H25N3O5S2/c26-21(23-9-11-24(12-10-23)22(27)20-2-1-17-31-20)8-5-18-3-6-19(7-4-18)32(28,29)25-13-15-30-16-14-25/h1-8,17H,9-16H2. The van der Waals surface area contributed by atoms with Crippen LogP contribution in [-0.4, -0.2) is 86.8 Å². The van der Waals surface area contributed by atoms with Crippen molar-refractivity contribution in [2.24, 2.45) is 0 Å². The molecule has 4 rings (SSSR count). The van der Waals surface area contributed by atoms with E-state index in [-0.39, 0.29) is 16.7 Å². The van der Waals surface area contributed by atoms with E-state index in [4.69, 9.17) is 4.74 Å². The van der Waals surface area contributed by atoms with Crippen LogP contribution in [0, 0.1) is 0 Å². The maximum absolute atomic E-state index is 12.7. The number of thiophene rings is 1. The van der Waals surface area contributed by atoms with Gasteiger partial charge in [0.25, 0.3) is 5.91 Å². The molecule has 0 unspecified atom stereocenters. The molecule has 0 radical (unpaired) electrons. The highest BCUT2D eigenvalue weighted by Gasteiger charge is 2.26. The van der Waals surface area contributed by atoms with Crippen LogP contribution < -0.4 is 0 Å². The van der Waals surface area contributed by atoms with E-state index >= 15 is 0 Å². The first-order valence-corrected chi connectivity index (χ1v) is 12.7. The molecule has 170 valence electrons. The zero-order valence-electron chi connectivity index (χ0n) is 17.6. The minimum atomic E-state index is -3.53. The van der Waals surface area contributed by atoms with Crippen LogP contribution in [0.5, 0.6) is 0 Å². The number of carbonyl (C=O) groups is 2. The molecule has 1 aromatic heterocycles. The van der Waals surface area contributed by atoms with Gasteiger partial charge in [0, 0.05) is 45.3 Å². The Morgan fingerprint density at radius 1 is 0.906 bits per heavy atom. The first kappa shape index (κ1) is 22.7. The summed E-state index contributed by atoms with van der Waals surface area (Å²) in [4.78, 5) is 29.4. The molecule has 0 spiro atoms. The van der Waals surface area contributed by atoms with Gasteiger partial charge in [-0.1, -0.05) is 18.2 Å². The maximum Gasteiger partial charge on any atom is 0.264 e. The number of hydrogen-bond donors (Lipinski definition) is 0. The van der Waals surface area contributed by atoms with Crippen molar-refractivity contribution in [2.75, 3.05) is 52.5 Å². The van der Waals surface area contributed by atoms with Crippen molar-refractivity contribution in [3.63, 3.8) is 0 Å². The molecular formula is C22H25N3O5S2. The molecule has 10 heteroatoms. The summed E-state index contributed by atoms with van der Waals surface area (Å²) in [5, 5.41) is 1.88. The van der Waals surface area contributed by atoms with E-state index in [2.05, 4.69) is 0 Å². The molecule has 2 fully saturated rings. The van der Waals surface area contributed by atoms with Crippen molar-refractivity contribution in [1.82, 2.24) is 14.1 Å². The van der Waals surface area contributed by atoms with Crippen molar-refractivity contribution in [2.45, 2.75) is 4.90 Å². The largest absolute Gasteiger partial charge is 0.379 e. The fourth-order valence-corrected chi connectivity index (χ4v) is 5.74. The second-order valence-corrected chi connectivity index (χ2v) is 10.4. The molecule has 3 heterocycles.